The fraction of sp³-hybridized carbons (Fsp3) is 0.231. The number of carbonyl (C=O) groups is 2. The molecule has 0 radical (unpaired) electrons. The van der Waals surface area contributed by atoms with Crippen LogP contribution in [0.15, 0.2) is 66.7 Å². The SMILES string of the molecule is COc1ccc(OC)c(N2CC(=O)N(c3cc(C)cc(C)c3)[C@H](c3ccccc3)C2=O)c1. The van der Waals surface area contributed by atoms with Crippen LogP contribution in [0.3, 0.4) is 0 Å². The number of amides is 2. The van der Waals surface area contributed by atoms with E-state index in [0.717, 1.165) is 16.7 Å². The zero-order valence-corrected chi connectivity index (χ0v) is 18.7. The van der Waals surface area contributed by atoms with E-state index in [1.54, 1.807) is 30.2 Å². The quantitative estimate of drug-likeness (QED) is 0.600. The zero-order chi connectivity index (χ0) is 22.8. The van der Waals surface area contributed by atoms with Crippen LogP contribution in [-0.4, -0.2) is 32.6 Å². The molecule has 32 heavy (non-hydrogen) atoms. The molecule has 0 unspecified atom stereocenters. The van der Waals surface area contributed by atoms with Crippen LogP contribution in [0.1, 0.15) is 22.7 Å². The molecule has 164 valence electrons. The summed E-state index contributed by atoms with van der Waals surface area (Å²) in [4.78, 5) is 30.6. The van der Waals surface area contributed by atoms with Gasteiger partial charge in [-0.2, -0.15) is 0 Å². The molecule has 0 aliphatic carbocycles. The third kappa shape index (κ3) is 3.91. The Kier molecular flexibility index (Phi) is 5.86. The van der Waals surface area contributed by atoms with Crippen molar-refractivity contribution in [2.24, 2.45) is 0 Å². The number of benzene rings is 3. The normalized spacial score (nSPS) is 16.3. The number of hydrogen-bond acceptors (Lipinski definition) is 4. The van der Waals surface area contributed by atoms with E-state index >= 15 is 0 Å². The first-order chi connectivity index (χ1) is 15.4. The first-order valence-corrected chi connectivity index (χ1v) is 10.4. The molecular formula is C26H26N2O4. The van der Waals surface area contributed by atoms with Crippen LogP contribution < -0.4 is 19.3 Å². The minimum absolute atomic E-state index is 0.0985. The molecule has 1 saturated heterocycles. The van der Waals surface area contributed by atoms with Crippen molar-refractivity contribution in [3.05, 3.63) is 83.4 Å². The van der Waals surface area contributed by atoms with Crippen molar-refractivity contribution in [3.63, 3.8) is 0 Å². The van der Waals surface area contributed by atoms with Crippen LogP contribution >= 0.6 is 0 Å². The standard InChI is InChI=1S/C26H26N2O4/c1-17-12-18(2)14-20(13-17)28-24(29)16-27(22-15-21(31-3)10-11-23(22)32-4)26(30)25(28)19-8-6-5-7-9-19/h5-15,25H,16H2,1-4H3/t25-/m1/s1. The fourth-order valence-electron chi connectivity index (χ4n) is 4.21. The van der Waals surface area contributed by atoms with Crippen molar-refractivity contribution in [3.8, 4) is 11.5 Å². The Hall–Kier alpha value is -3.80. The van der Waals surface area contributed by atoms with E-state index in [1.165, 1.54) is 12.0 Å². The van der Waals surface area contributed by atoms with Crippen molar-refractivity contribution in [1.82, 2.24) is 0 Å². The van der Waals surface area contributed by atoms with Gasteiger partial charge in [-0.3, -0.25) is 19.4 Å². The summed E-state index contributed by atoms with van der Waals surface area (Å²) in [5.74, 6) is 0.697. The largest absolute Gasteiger partial charge is 0.497 e. The maximum atomic E-state index is 13.9. The van der Waals surface area contributed by atoms with E-state index in [1.807, 2.05) is 62.4 Å². The van der Waals surface area contributed by atoms with Gasteiger partial charge in [0.2, 0.25) is 5.91 Å². The van der Waals surface area contributed by atoms with Gasteiger partial charge in [-0.15, -0.1) is 0 Å². The van der Waals surface area contributed by atoms with Crippen LogP contribution in [0.25, 0.3) is 0 Å². The summed E-state index contributed by atoms with van der Waals surface area (Å²) in [6.45, 7) is 3.87. The second kappa shape index (κ2) is 8.75. The highest BCUT2D eigenvalue weighted by molar-refractivity contribution is 6.15. The Morgan fingerprint density at radius 3 is 2.16 bits per heavy atom. The van der Waals surface area contributed by atoms with Gasteiger partial charge in [0.25, 0.3) is 5.91 Å². The highest BCUT2D eigenvalue weighted by atomic mass is 16.5. The summed E-state index contributed by atoms with van der Waals surface area (Å²) in [6.07, 6.45) is 0. The van der Waals surface area contributed by atoms with E-state index in [4.69, 9.17) is 9.47 Å². The monoisotopic (exact) mass is 430 g/mol. The van der Waals surface area contributed by atoms with Crippen molar-refractivity contribution in [2.45, 2.75) is 19.9 Å². The number of ether oxygens (including phenoxy) is 2. The van der Waals surface area contributed by atoms with Crippen molar-refractivity contribution in [2.75, 3.05) is 30.6 Å². The number of hydrogen-bond donors (Lipinski definition) is 0. The lowest BCUT2D eigenvalue weighted by atomic mass is 9.98. The number of methoxy groups -OCH3 is 2. The summed E-state index contributed by atoms with van der Waals surface area (Å²) in [5, 5.41) is 0. The predicted molar refractivity (Wildman–Crippen MR) is 124 cm³/mol. The molecule has 6 nitrogen and oxygen atoms in total. The zero-order valence-electron chi connectivity index (χ0n) is 18.7. The maximum absolute atomic E-state index is 13.9. The minimum Gasteiger partial charge on any atom is -0.497 e. The predicted octanol–water partition coefficient (Wildman–Crippen LogP) is 4.44. The molecule has 1 heterocycles. The van der Waals surface area contributed by atoms with E-state index in [2.05, 4.69) is 0 Å². The number of rotatable bonds is 5. The van der Waals surface area contributed by atoms with Gasteiger partial charge >= 0.3 is 0 Å². The van der Waals surface area contributed by atoms with Crippen molar-refractivity contribution >= 4 is 23.2 Å². The van der Waals surface area contributed by atoms with Gasteiger partial charge in [-0.25, -0.2) is 0 Å². The smallest absolute Gasteiger partial charge is 0.255 e. The topological polar surface area (TPSA) is 59.1 Å². The Morgan fingerprint density at radius 2 is 1.53 bits per heavy atom. The molecule has 3 aromatic carbocycles. The van der Waals surface area contributed by atoms with Gasteiger partial charge in [0, 0.05) is 11.8 Å². The van der Waals surface area contributed by atoms with Crippen LogP contribution in [-0.2, 0) is 9.59 Å². The highest BCUT2D eigenvalue weighted by Crippen LogP contribution is 2.39. The first kappa shape index (κ1) is 21.4. The third-order valence-corrected chi connectivity index (χ3v) is 5.60. The molecule has 1 aliphatic heterocycles. The minimum atomic E-state index is -0.797. The highest BCUT2D eigenvalue weighted by Gasteiger charge is 2.42. The number of anilines is 2. The van der Waals surface area contributed by atoms with Gasteiger partial charge < -0.3 is 9.47 Å². The molecule has 0 bridgehead atoms. The van der Waals surface area contributed by atoms with Gasteiger partial charge in [-0.05, 0) is 54.8 Å². The van der Waals surface area contributed by atoms with E-state index in [0.29, 0.717) is 22.9 Å². The molecule has 1 atom stereocenters. The Bertz CT molecular complexity index is 1140. The molecule has 1 fully saturated rings. The molecule has 6 heteroatoms. The summed E-state index contributed by atoms with van der Waals surface area (Å²) in [6, 6.07) is 19.7. The van der Waals surface area contributed by atoms with Crippen LogP contribution in [0.5, 0.6) is 11.5 Å². The summed E-state index contributed by atoms with van der Waals surface area (Å²) < 4.78 is 10.8. The average Bonchev–Trinajstić information content (AvgIpc) is 2.79. The number of carbonyl (C=O) groups excluding carboxylic acids is 2. The molecule has 1 aliphatic rings. The molecule has 3 aromatic rings. The Morgan fingerprint density at radius 1 is 0.844 bits per heavy atom. The second-order valence-corrected chi connectivity index (χ2v) is 7.89. The van der Waals surface area contributed by atoms with Crippen molar-refractivity contribution in [1.29, 1.82) is 0 Å². The third-order valence-electron chi connectivity index (χ3n) is 5.60. The van der Waals surface area contributed by atoms with Crippen LogP contribution in [0.4, 0.5) is 11.4 Å². The number of aryl methyl sites for hydroxylation is 2. The van der Waals surface area contributed by atoms with E-state index < -0.39 is 6.04 Å². The maximum Gasteiger partial charge on any atom is 0.255 e. The number of piperazine rings is 1. The Labute approximate surface area is 188 Å². The molecule has 0 N–H and O–H groups in total. The Balaban J connectivity index is 1.86. The molecular weight excluding hydrogens is 404 g/mol. The lowest BCUT2D eigenvalue weighted by Crippen LogP contribution is -2.56. The lowest BCUT2D eigenvalue weighted by Gasteiger charge is -2.41. The van der Waals surface area contributed by atoms with Gasteiger partial charge in [0.1, 0.15) is 24.1 Å². The van der Waals surface area contributed by atoms with Gasteiger partial charge in [0.15, 0.2) is 0 Å². The lowest BCUT2D eigenvalue weighted by molar-refractivity contribution is -0.128. The molecule has 4 rings (SSSR count). The first-order valence-electron chi connectivity index (χ1n) is 10.4. The van der Waals surface area contributed by atoms with Crippen molar-refractivity contribution < 1.29 is 19.1 Å². The average molecular weight is 431 g/mol. The summed E-state index contributed by atoms with van der Waals surface area (Å²) in [7, 11) is 3.10. The fourth-order valence-corrected chi connectivity index (χ4v) is 4.21. The molecule has 0 aromatic heterocycles. The summed E-state index contributed by atoms with van der Waals surface area (Å²) in [5.41, 5.74) is 4.03. The van der Waals surface area contributed by atoms with Crippen LogP contribution in [0.2, 0.25) is 0 Å². The van der Waals surface area contributed by atoms with Gasteiger partial charge in [-0.1, -0.05) is 36.4 Å². The van der Waals surface area contributed by atoms with E-state index in [-0.39, 0.29) is 18.4 Å². The second-order valence-electron chi connectivity index (χ2n) is 7.89. The number of nitrogens with zero attached hydrogens (tertiary/aromatic N) is 2. The van der Waals surface area contributed by atoms with Gasteiger partial charge in [0.05, 0.1) is 19.9 Å². The molecule has 2 amide bonds. The van der Waals surface area contributed by atoms with E-state index in [9.17, 15) is 9.59 Å². The molecule has 0 saturated carbocycles. The van der Waals surface area contributed by atoms with Crippen LogP contribution in [0, 0.1) is 13.8 Å². The summed E-state index contributed by atoms with van der Waals surface area (Å²) >= 11 is 0. The molecule has 0 spiro atoms.